The zero-order valence-electron chi connectivity index (χ0n) is 35.4. The number of benzene rings is 2. The van der Waals surface area contributed by atoms with Crippen molar-refractivity contribution in [1.82, 2.24) is 42.5 Å². The first kappa shape index (κ1) is 51.2. The molecule has 3 unspecified atom stereocenters. The van der Waals surface area contributed by atoms with Crippen molar-refractivity contribution >= 4 is 76.3 Å². The summed E-state index contributed by atoms with van der Waals surface area (Å²) in [4.78, 5) is 99.4. The third-order valence-corrected chi connectivity index (χ3v) is 10.6. The summed E-state index contributed by atoms with van der Waals surface area (Å²) in [5.74, 6) is -5.23. The summed E-state index contributed by atoms with van der Waals surface area (Å²) >= 11 is 12.1. The number of methoxy groups -OCH3 is 2. The number of nitrogens with one attached hydrogen (secondary N) is 9. The van der Waals surface area contributed by atoms with Crippen LogP contribution in [0.4, 0.5) is 10.5 Å². The van der Waals surface area contributed by atoms with E-state index in [2.05, 4.69) is 52.8 Å². The van der Waals surface area contributed by atoms with Gasteiger partial charge in [0.05, 0.1) is 43.0 Å². The van der Waals surface area contributed by atoms with E-state index >= 15 is 0 Å². The van der Waals surface area contributed by atoms with Gasteiger partial charge in [-0.15, -0.1) is 0 Å². The molecule has 8 amide bonds. The Morgan fingerprint density at radius 2 is 1.66 bits per heavy atom. The number of guanidine groups is 1. The van der Waals surface area contributed by atoms with Crippen molar-refractivity contribution in [1.29, 1.82) is 0 Å². The topological polar surface area (TPSA) is 383 Å². The first-order valence-corrected chi connectivity index (χ1v) is 20.9. The summed E-state index contributed by atoms with van der Waals surface area (Å²) in [7, 11) is 2.92. The van der Waals surface area contributed by atoms with Crippen LogP contribution in [-0.4, -0.2) is 129 Å². The number of amides is 8. The van der Waals surface area contributed by atoms with Gasteiger partial charge in [0.2, 0.25) is 29.5 Å². The Morgan fingerprint density at radius 1 is 0.938 bits per heavy atom. The molecule has 2 aromatic rings. The molecule has 26 heteroatoms. The Bertz CT molecular complexity index is 2150. The summed E-state index contributed by atoms with van der Waals surface area (Å²) in [6.07, 6.45) is 1.60. The van der Waals surface area contributed by atoms with E-state index in [0.29, 0.717) is 36.4 Å². The number of carbonyl (C=O) groups is 7. The SMILES string of the molecule is COc1ccc(C2C[C@H]([C@@H]3NC(=O)/C(=C\NC(=O)Nc4ccc(Cl)c(Cl)c4)NC(=O)[C@H](CNC(=O)CC(N)CCCN)NC(=O)[C@H](CO)NC(=O)C(N)CNC3=O)N=C(N)N2)cc1OC. The number of aliphatic hydroxyl groups excluding tert-OH is 1. The Balaban J connectivity index is 1.74. The van der Waals surface area contributed by atoms with Crippen LogP contribution in [0.2, 0.25) is 10.0 Å². The Morgan fingerprint density at radius 3 is 2.34 bits per heavy atom. The molecular formula is C39H54Cl2N14O10. The van der Waals surface area contributed by atoms with Crippen LogP contribution >= 0.6 is 23.2 Å². The second-order valence-corrected chi connectivity index (χ2v) is 15.5. The number of nitrogens with zero attached hydrogens (tertiary/aromatic N) is 1. The van der Waals surface area contributed by atoms with Crippen LogP contribution in [0.5, 0.6) is 11.5 Å². The molecule has 2 aliphatic rings. The molecule has 0 saturated carbocycles. The maximum atomic E-state index is 14.3. The van der Waals surface area contributed by atoms with E-state index in [-0.39, 0.29) is 34.5 Å². The van der Waals surface area contributed by atoms with Crippen LogP contribution in [0.3, 0.4) is 0 Å². The second-order valence-electron chi connectivity index (χ2n) is 14.7. The third kappa shape index (κ3) is 15.1. The van der Waals surface area contributed by atoms with Crippen molar-refractivity contribution in [3.8, 4) is 11.5 Å². The molecule has 1 saturated heterocycles. The lowest BCUT2D eigenvalue weighted by Crippen LogP contribution is -2.62. The average molecular weight is 950 g/mol. The molecule has 354 valence electrons. The summed E-state index contributed by atoms with van der Waals surface area (Å²) < 4.78 is 10.8. The van der Waals surface area contributed by atoms with Gasteiger partial charge in [0.25, 0.3) is 5.91 Å². The molecular weight excluding hydrogens is 895 g/mol. The molecule has 0 bridgehead atoms. The number of ether oxygens (including phenoxy) is 2. The van der Waals surface area contributed by atoms with E-state index in [4.69, 9.17) is 55.6 Å². The zero-order chi connectivity index (χ0) is 47.8. The molecule has 18 N–H and O–H groups in total. The van der Waals surface area contributed by atoms with Gasteiger partial charge >= 0.3 is 6.03 Å². The number of hydrogen-bond acceptors (Lipinski definition) is 16. The Labute approximate surface area is 383 Å². The van der Waals surface area contributed by atoms with Crippen LogP contribution in [0, 0.1) is 0 Å². The predicted molar refractivity (Wildman–Crippen MR) is 238 cm³/mol. The number of nitrogens with two attached hydrogens (primary N) is 4. The quantitative estimate of drug-likeness (QED) is 0.0839. The summed E-state index contributed by atoms with van der Waals surface area (Å²) in [6, 6.07) is -0.537. The van der Waals surface area contributed by atoms with Gasteiger partial charge in [-0.05, 0) is 61.7 Å². The minimum Gasteiger partial charge on any atom is -0.493 e. The molecule has 2 aromatic carbocycles. The Hall–Kier alpha value is -6.44. The molecule has 1 fully saturated rings. The summed E-state index contributed by atoms with van der Waals surface area (Å²) in [5, 5.41) is 32.7. The van der Waals surface area contributed by atoms with Gasteiger partial charge in [-0.3, -0.25) is 28.8 Å². The largest absolute Gasteiger partial charge is 0.493 e. The van der Waals surface area contributed by atoms with Crippen molar-refractivity contribution in [2.24, 2.45) is 27.9 Å². The number of rotatable bonds is 14. The maximum Gasteiger partial charge on any atom is 0.323 e. The van der Waals surface area contributed by atoms with Crippen molar-refractivity contribution in [3.05, 3.63) is 63.9 Å². The number of aliphatic imine (C=N–C) groups is 1. The van der Waals surface area contributed by atoms with Crippen molar-refractivity contribution in [2.45, 2.75) is 68.0 Å². The van der Waals surface area contributed by atoms with Gasteiger partial charge < -0.3 is 85.4 Å². The fourth-order valence-corrected chi connectivity index (χ4v) is 6.73. The smallest absolute Gasteiger partial charge is 0.323 e. The van der Waals surface area contributed by atoms with Gasteiger partial charge in [-0.2, -0.15) is 0 Å². The lowest BCUT2D eigenvalue weighted by Gasteiger charge is -2.33. The minimum atomic E-state index is -1.71. The van der Waals surface area contributed by atoms with E-state index in [1.54, 1.807) is 18.2 Å². The van der Waals surface area contributed by atoms with Crippen molar-refractivity contribution < 1.29 is 48.1 Å². The van der Waals surface area contributed by atoms with Crippen LogP contribution in [0.1, 0.15) is 37.3 Å². The van der Waals surface area contributed by atoms with Gasteiger partial charge in [-0.25, -0.2) is 9.79 Å². The number of halogens is 2. The lowest BCUT2D eigenvalue weighted by molar-refractivity contribution is -0.134. The average Bonchev–Trinajstić information content (AvgIpc) is 3.28. The van der Waals surface area contributed by atoms with Gasteiger partial charge in [0, 0.05) is 37.4 Å². The highest BCUT2D eigenvalue weighted by atomic mass is 35.5. The third-order valence-electron chi connectivity index (χ3n) is 9.91. The molecule has 0 aliphatic carbocycles. The fraction of sp³-hybridized carbons (Fsp3) is 0.436. The van der Waals surface area contributed by atoms with Crippen molar-refractivity contribution in [2.75, 3.05) is 45.8 Å². The standard InChI is InChI=1S/C39H54Cl2N14O10/c1-64-29-8-5-18(10-30(29)65-2)24-13-25(54-38(45)53-24)32-37(62)47-14-23(44)33(58)52-28(17-56)36(61)51-26(15-46-31(57)11-19(43)4-3-9-42)34(59)50-27(35(60)55-32)16-48-39(63)49-20-6-7-21(40)22(41)12-20/h5-8,10,12,16,19,23-26,28,32,56H,3-4,9,11,13-15,17,42-44H2,1-2H3,(H,46,57)(H,47,62)(H,50,59)(H,51,61)(H,52,58)(H,55,60)(H3,45,53,54)(H2,48,49,63)/b27-16+/t19?,23?,24?,25-,26+,28+,32+/m1/s1. The minimum absolute atomic E-state index is 0.0126. The maximum absolute atomic E-state index is 14.3. The highest BCUT2D eigenvalue weighted by Crippen LogP contribution is 2.33. The number of urea groups is 1. The predicted octanol–water partition coefficient (Wildman–Crippen LogP) is -3.02. The van der Waals surface area contributed by atoms with E-state index < -0.39 is 109 Å². The van der Waals surface area contributed by atoms with E-state index in [1.807, 2.05) is 0 Å². The van der Waals surface area contributed by atoms with E-state index in [9.17, 15) is 38.7 Å². The highest BCUT2D eigenvalue weighted by Gasteiger charge is 2.37. The van der Waals surface area contributed by atoms with E-state index in [0.717, 1.165) is 6.20 Å². The van der Waals surface area contributed by atoms with Gasteiger partial charge in [0.1, 0.15) is 29.9 Å². The van der Waals surface area contributed by atoms with Gasteiger partial charge in [0.15, 0.2) is 17.5 Å². The molecule has 2 heterocycles. The van der Waals surface area contributed by atoms with Crippen LogP contribution < -0.4 is 80.3 Å². The molecule has 4 rings (SSSR count). The summed E-state index contributed by atoms with van der Waals surface area (Å²) in [5.41, 5.74) is 24.0. The normalized spacial score (nSPS) is 23.2. The molecule has 65 heavy (non-hydrogen) atoms. The summed E-state index contributed by atoms with van der Waals surface area (Å²) in [6.45, 7) is -1.77. The first-order valence-electron chi connectivity index (χ1n) is 20.1. The molecule has 2 aliphatic heterocycles. The Kier molecular flexibility index (Phi) is 19.4. The molecule has 24 nitrogen and oxygen atoms in total. The van der Waals surface area contributed by atoms with Crippen LogP contribution in [0.15, 0.2) is 53.3 Å². The molecule has 0 spiro atoms. The van der Waals surface area contributed by atoms with Crippen LogP contribution in [-0.2, 0) is 28.8 Å². The monoisotopic (exact) mass is 948 g/mol. The first-order chi connectivity index (χ1) is 31.0. The zero-order valence-corrected chi connectivity index (χ0v) is 36.9. The number of aliphatic hydroxyl groups is 1. The van der Waals surface area contributed by atoms with Crippen molar-refractivity contribution in [3.63, 3.8) is 0 Å². The number of anilines is 1. The van der Waals surface area contributed by atoms with E-state index in [1.165, 1.54) is 32.4 Å². The second kappa shape index (κ2) is 24.6. The fourth-order valence-electron chi connectivity index (χ4n) is 6.44. The molecule has 7 atom stereocenters. The molecule has 0 aromatic heterocycles. The number of carbonyl (C=O) groups excluding carboxylic acids is 7. The van der Waals surface area contributed by atoms with Gasteiger partial charge in [-0.1, -0.05) is 29.3 Å². The number of hydrogen-bond donors (Lipinski definition) is 14. The lowest BCUT2D eigenvalue weighted by atomic mass is 9.93. The molecule has 0 radical (unpaired) electrons. The van der Waals surface area contributed by atoms with Crippen LogP contribution in [0.25, 0.3) is 0 Å². The highest BCUT2D eigenvalue weighted by molar-refractivity contribution is 6.42.